The molecule has 0 aliphatic heterocycles. The van der Waals surface area contributed by atoms with Crippen molar-refractivity contribution in [1.82, 2.24) is 10.2 Å². The van der Waals surface area contributed by atoms with Gasteiger partial charge in [0.15, 0.2) is 0 Å². The first kappa shape index (κ1) is 9.72. The lowest BCUT2D eigenvalue weighted by atomic mass is 10.0. The lowest BCUT2D eigenvalue weighted by Crippen LogP contribution is -2.01. The Morgan fingerprint density at radius 3 is 2.41 bits per heavy atom. The Kier molecular flexibility index (Phi) is 2.19. The highest BCUT2D eigenvalue weighted by Gasteiger charge is 2.08. The van der Waals surface area contributed by atoms with Gasteiger partial charge in [-0.1, -0.05) is 30.3 Å². The first-order valence-electron chi connectivity index (χ1n) is 5.14. The summed E-state index contributed by atoms with van der Waals surface area (Å²) in [6, 6.07) is 9.71. The van der Waals surface area contributed by atoms with Crippen LogP contribution in [0, 0.1) is 0 Å². The Bertz CT molecular complexity index is 720. The second-order valence-electron chi connectivity index (χ2n) is 3.62. The molecule has 0 aliphatic rings. The van der Waals surface area contributed by atoms with Crippen molar-refractivity contribution < 1.29 is 4.42 Å². The molecule has 0 amide bonds. The predicted octanol–water partition coefficient (Wildman–Crippen LogP) is 2.25. The van der Waals surface area contributed by atoms with Crippen molar-refractivity contribution in [2.24, 2.45) is 0 Å². The lowest BCUT2D eigenvalue weighted by molar-refractivity contribution is 0.520. The minimum absolute atomic E-state index is 0.394. The smallest absolute Gasteiger partial charge is 0.345 e. The van der Waals surface area contributed by atoms with E-state index < -0.39 is 5.63 Å². The third kappa shape index (κ3) is 1.59. The summed E-state index contributed by atoms with van der Waals surface area (Å²) in [5.41, 5.74) is 1.43. The van der Waals surface area contributed by atoms with Gasteiger partial charge in [-0.15, -0.1) is 0 Å². The highest BCUT2D eigenvalue weighted by atomic mass is 16.4. The molecule has 3 rings (SSSR count). The van der Waals surface area contributed by atoms with Crippen molar-refractivity contribution in [3.63, 3.8) is 0 Å². The van der Waals surface area contributed by atoms with E-state index in [1.807, 2.05) is 30.3 Å². The van der Waals surface area contributed by atoms with Gasteiger partial charge >= 0.3 is 5.63 Å². The minimum Gasteiger partial charge on any atom is -0.430 e. The van der Waals surface area contributed by atoms with E-state index in [-0.39, 0.29) is 0 Å². The summed E-state index contributed by atoms with van der Waals surface area (Å²) in [6.07, 6.45) is 4.46. The van der Waals surface area contributed by atoms with E-state index in [2.05, 4.69) is 10.2 Å². The fraction of sp³-hybridized carbons (Fsp3) is 0. The molecule has 2 heterocycles. The zero-order valence-electron chi connectivity index (χ0n) is 8.83. The average Bonchev–Trinajstić information content (AvgIpc) is 2.41. The van der Waals surface area contributed by atoms with Crippen LogP contribution in [0.4, 0.5) is 0 Å². The van der Waals surface area contributed by atoms with Crippen molar-refractivity contribution in [3.05, 3.63) is 59.4 Å². The number of hydrogen-bond donors (Lipinski definition) is 0. The van der Waals surface area contributed by atoms with Gasteiger partial charge < -0.3 is 4.42 Å². The van der Waals surface area contributed by atoms with Crippen LogP contribution in [0.1, 0.15) is 0 Å². The molecule has 4 heteroatoms. The van der Waals surface area contributed by atoms with Gasteiger partial charge in [0.2, 0.25) is 0 Å². The van der Waals surface area contributed by atoms with E-state index in [0.717, 1.165) is 16.5 Å². The molecule has 0 saturated carbocycles. The highest BCUT2D eigenvalue weighted by molar-refractivity contribution is 5.93. The summed E-state index contributed by atoms with van der Waals surface area (Å²) in [6.45, 7) is 0. The fourth-order valence-electron chi connectivity index (χ4n) is 1.78. The Morgan fingerprint density at radius 2 is 1.65 bits per heavy atom. The summed E-state index contributed by atoms with van der Waals surface area (Å²) in [4.78, 5) is 11.5. The average molecular weight is 224 g/mol. The highest BCUT2D eigenvalue weighted by Crippen LogP contribution is 2.25. The SMILES string of the molecule is O=c1occ(-c2ccccc2)c2cnncc12. The number of rotatable bonds is 1. The largest absolute Gasteiger partial charge is 0.430 e. The normalized spacial score (nSPS) is 10.6. The van der Waals surface area contributed by atoms with Crippen LogP contribution in [0.2, 0.25) is 0 Å². The summed E-state index contributed by atoms with van der Waals surface area (Å²) >= 11 is 0. The molecule has 0 bridgehead atoms. The maximum Gasteiger partial charge on any atom is 0.345 e. The molecule has 0 aliphatic carbocycles. The third-order valence-corrected chi connectivity index (χ3v) is 2.61. The molecule has 17 heavy (non-hydrogen) atoms. The van der Waals surface area contributed by atoms with Gasteiger partial charge in [-0.3, -0.25) is 0 Å². The van der Waals surface area contributed by atoms with Crippen LogP contribution in [0.5, 0.6) is 0 Å². The van der Waals surface area contributed by atoms with Crippen molar-refractivity contribution in [2.45, 2.75) is 0 Å². The van der Waals surface area contributed by atoms with E-state index in [1.54, 1.807) is 6.20 Å². The Hall–Kier alpha value is -2.49. The molecule has 0 N–H and O–H groups in total. The number of nitrogens with zero attached hydrogens (tertiary/aromatic N) is 2. The molecule has 82 valence electrons. The standard InChI is InChI=1S/C13H8N2O2/c16-13-11-7-15-14-6-10(11)12(8-17-13)9-4-2-1-3-5-9/h1-8H. The molecule has 0 spiro atoms. The van der Waals surface area contributed by atoms with Crippen LogP contribution in [-0.4, -0.2) is 10.2 Å². The van der Waals surface area contributed by atoms with Crippen molar-refractivity contribution in [1.29, 1.82) is 0 Å². The topological polar surface area (TPSA) is 56.0 Å². The van der Waals surface area contributed by atoms with Crippen molar-refractivity contribution in [3.8, 4) is 11.1 Å². The van der Waals surface area contributed by atoms with E-state index in [0.29, 0.717) is 5.39 Å². The van der Waals surface area contributed by atoms with E-state index >= 15 is 0 Å². The van der Waals surface area contributed by atoms with E-state index in [1.165, 1.54) is 12.5 Å². The maximum absolute atomic E-state index is 11.5. The number of aromatic nitrogens is 2. The van der Waals surface area contributed by atoms with Crippen LogP contribution in [0.3, 0.4) is 0 Å². The first-order valence-corrected chi connectivity index (χ1v) is 5.14. The molecule has 0 fully saturated rings. The summed E-state index contributed by atoms with van der Waals surface area (Å²) < 4.78 is 5.00. The first-order chi connectivity index (χ1) is 8.36. The molecule has 3 aromatic rings. The Labute approximate surface area is 96.5 Å². The van der Waals surface area contributed by atoms with Gasteiger partial charge in [-0.2, -0.15) is 10.2 Å². The van der Waals surface area contributed by atoms with Crippen LogP contribution in [-0.2, 0) is 0 Å². The van der Waals surface area contributed by atoms with Gasteiger partial charge in [0.25, 0.3) is 0 Å². The monoisotopic (exact) mass is 224 g/mol. The maximum atomic E-state index is 11.5. The van der Waals surface area contributed by atoms with Crippen LogP contribution >= 0.6 is 0 Å². The van der Waals surface area contributed by atoms with Gasteiger partial charge in [0.1, 0.15) is 6.26 Å². The van der Waals surface area contributed by atoms with Crippen LogP contribution in [0.15, 0.2) is 58.2 Å². The van der Waals surface area contributed by atoms with Crippen molar-refractivity contribution >= 4 is 10.8 Å². The quantitative estimate of drug-likeness (QED) is 0.636. The zero-order valence-corrected chi connectivity index (χ0v) is 8.83. The van der Waals surface area contributed by atoms with Gasteiger partial charge in [0, 0.05) is 10.9 Å². The van der Waals surface area contributed by atoms with E-state index in [4.69, 9.17) is 4.42 Å². The molecule has 0 radical (unpaired) electrons. The minimum atomic E-state index is -0.394. The predicted molar refractivity (Wildman–Crippen MR) is 63.5 cm³/mol. The molecule has 1 aromatic carbocycles. The second kappa shape index (κ2) is 3.83. The number of hydrogen-bond acceptors (Lipinski definition) is 4. The number of benzene rings is 1. The second-order valence-corrected chi connectivity index (χ2v) is 3.62. The lowest BCUT2D eigenvalue weighted by Gasteiger charge is -2.03. The molecule has 2 aromatic heterocycles. The summed E-state index contributed by atoms with van der Waals surface area (Å²) in [7, 11) is 0. The Morgan fingerprint density at radius 1 is 0.941 bits per heavy atom. The van der Waals surface area contributed by atoms with Gasteiger partial charge in [-0.05, 0) is 5.56 Å². The van der Waals surface area contributed by atoms with Crippen LogP contribution in [0.25, 0.3) is 21.9 Å². The van der Waals surface area contributed by atoms with E-state index in [9.17, 15) is 4.79 Å². The fourth-order valence-corrected chi connectivity index (χ4v) is 1.78. The van der Waals surface area contributed by atoms with Gasteiger partial charge in [0.05, 0.1) is 17.8 Å². The molecular formula is C13H8N2O2. The molecule has 0 unspecified atom stereocenters. The summed E-state index contributed by atoms with van der Waals surface area (Å²) in [5, 5.41) is 8.71. The molecule has 0 atom stereocenters. The van der Waals surface area contributed by atoms with Crippen LogP contribution < -0.4 is 5.63 Å². The summed E-state index contributed by atoms with van der Waals surface area (Å²) in [5.74, 6) is 0. The third-order valence-electron chi connectivity index (χ3n) is 2.61. The Balaban J connectivity index is 2.39. The zero-order chi connectivity index (χ0) is 11.7. The van der Waals surface area contributed by atoms with Gasteiger partial charge in [-0.25, -0.2) is 4.79 Å². The molecular weight excluding hydrogens is 216 g/mol. The molecule has 4 nitrogen and oxygen atoms in total. The molecule has 0 saturated heterocycles. The number of fused-ring (bicyclic) bond motifs is 1. The van der Waals surface area contributed by atoms with Crippen molar-refractivity contribution in [2.75, 3.05) is 0 Å².